The van der Waals surface area contributed by atoms with Crippen molar-refractivity contribution >= 4 is 0 Å². The predicted molar refractivity (Wildman–Crippen MR) is 93.3 cm³/mol. The molecule has 4 heteroatoms. The van der Waals surface area contributed by atoms with Crippen LogP contribution in [0, 0.1) is 22.7 Å². The Kier molecular flexibility index (Phi) is 3.78. The maximum Gasteiger partial charge on any atom is 0.0858 e. The number of fused-ring (bicyclic) bond motifs is 5. The van der Waals surface area contributed by atoms with Gasteiger partial charge in [0.2, 0.25) is 0 Å². The van der Waals surface area contributed by atoms with Crippen LogP contribution in [0.3, 0.4) is 0 Å². The van der Waals surface area contributed by atoms with Crippen LogP contribution >= 0.6 is 0 Å². The molecule has 0 amide bonds. The molecule has 3 fully saturated rings. The van der Waals surface area contributed by atoms with Gasteiger partial charge < -0.3 is 20.6 Å². The Bertz CT molecular complexity index is 600. The molecule has 24 heavy (non-hydrogen) atoms. The van der Waals surface area contributed by atoms with Crippen molar-refractivity contribution in [1.82, 2.24) is 5.32 Å². The molecule has 0 unspecified atom stereocenters. The summed E-state index contributed by atoms with van der Waals surface area (Å²) < 4.78 is 0. The molecule has 4 aliphatic carbocycles. The van der Waals surface area contributed by atoms with Crippen molar-refractivity contribution in [3.63, 3.8) is 0 Å². The van der Waals surface area contributed by atoms with Crippen LogP contribution in [0.5, 0.6) is 0 Å². The first-order valence-corrected chi connectivity index (χ1v) is 9.44. The Morgan fingerprint density at radius 1 is 1.08 bits per heavy atom. The minimum atomic E-state index is -0.610. The van der Waals surface area contributed by atoms with Crippen LogP contribution in [-0.4, -0.2) is 46.7 Å². The Labute approximate surface area is 144 Å². The molecule has 0 heterocycles. The smallest absolute Gasteiger partial charge is 0.0858 e. The minimum absolute atomic E-state index is 0.0802. The molecule has 0 bridgehead atoms. The number of aliphatic hydroxyl groups excluding tert-OH is 3. The van der Waals surface area contributed by atoms with Crippen LogP contribution in [-0.2, 0) is 0 Å². The third-order valence-electron chi connectivity index (χ3n) is 7.98. The van der Waals surface area contributed by atoms with E-state index in [0.29, 0.717) is 12.3 Å². The highest BCUT2D eigenvalue weighted by Crippen LogP contribution is 2.63. The molecule has 0 saturated heterocycles. The third kappa shape index (κ3) is 2.06. The summed E-state index contributed by atoms with van der Waals surface area (Å²) in [6.45, 7) is 4.51. The molecule has 0 radical (unpaired) electrons. The van der Waals surface area contributed by atoms with Crippen LogP contribution in [0.1, 0.15) is 46.0 Å². The van der Waals surface area contributed by atoms with E-state index in [-0.39, 0.29) is 28.9 Å². The zero-order valence-electron chi connectivity index (χ0n) is 15.0. The van der Waals surface area contributed by atoms with E-state index in [1.54, 1.807) is 0 Å². The van der Waals surface area contributed by atoms with E-state index in [4.69, 9.17) is 0 Å². The molecule has 0 aromatic heterocycles. The van der Waals surface area contributed by atoms with Crippen molar-refractivity contribution in [2.45, 2.75) is 70.3 Å². The van der Waals surface area contributed by atoms with Gasteiger partial charge in [-0.2, -0.15) is 0 Å². The number of rotatable bonds is 1. The van der Waals surface area contributed by atoms with Crippen molar-refractivity contribution in [1.29, 1.82) is 0 Å². The number of hydrogen-bond acceptors (Lipinski definition) is 4. The van der Waals surface area contributed by atoms with Crippen LogP contribution in [0.25, 0.3) is 0 Å². The summed E-state index contributed by atoms with van der Waals surface area (Å²) in [5, 5.41) is 34.5. The molecule has 0 spiro atoms. The van der Waals surface area contributed by atoms with Crippen LogP contribution in [0.4, 0.5) is 0 Å². The summed E-state index contributed by atoms with van der Waals surface area (Å²) in [6, 6.07) is 0.138. The SMILES string of the molecule is CN[C@@H]1C[C@@]2(C)C(=CC=C3[C@@H]4C[C@@H](O)[C@H](O)[C@@]4(C)CC[C@@H]32)C[C@H]1O. The summed E-state index contributed by atoms with van der Waals surface area (Å²) in [6.07, 6.45) is 7.35. The summed E-state index contributed by atoms with van der Waals surface area (Å²) in [5.74, 6) is 0.743. The summed E-state index contributed by atoms with van der Waals surface area (Å²) in [7, 11) is 1.94. The molecule has 4 nitrogen and oxygen atoms in total. The molecule has 4 rings (SSSR count). The summed E-state index contributed by atoms with van der Waals surface area (Å²) in [5.41, 5.74) is 2.69. The Hall–Kier alpha value is -0.680. The standard InChI is InChI=1S/C20H31NO3/c1-19-7-6-13-12(14(19)9-17(23)18(19)24)5-4-11-8-16(22)15(21-3)10-20(11,13)2/h4-5,13-18,21-24H,6-10H2,1-3H3/t13-,14-,15+,16+,17+,18-,19-,20-/m0/s1. The topological polar surface area (TPSA) is 72.7 Å². The number of allylic oxidation sites excluding steroid dienone is 3. The van der Waals surface area contributed by atoms with Gasteiger partial charge in [0, 0.05) is 11.5 Å². The average molecular weight is 333 g/mol. The minimum Gasteiger partial charge on any atom is -0.391 e. The van der Waals surface area contributed by atoms with Crippen molar-refractivity contribution < 1.29 is 15.3 Å². The molecule has 4 N–H and O–H groups in total. The Balaban J connectivity index is 1.72. The molecule has 4 aliphatic rings. The highest BCUT2D eigenvalue weighted by molar-refractivity contribution is 5.39. The normalized spacial score (nSPS) is 53.6. The maximum absolute atomic E-state index is 10.5. The zero-order chi connectivity index (χ0) is 17.3. The first-order valence-electron chi connectivity index (χ1n) is 9.44. The second-order valence-electron chi connectivity index (χ2n) is 9.04. The number of hydrogen-bond donors (Lipinski definition) is 4. The van der Waals surface area contributed by atoms with Gasteiger partial charge in [-0.3, -0.25) is 0 Å². The largest absolute Gasteiger partial charge is 0.391 e. The zero-order valence-corrected chi connectivity index (χ0v) is 15.0. The van der Waals surface area contributed by atoms with Gasteiger partial charge in [0.1, 0.15) is 0 Å². The van der Waals surface area contributed by atoms with Gasteiger partial charge in [-0.15, -0.1) is 0 Å². The van der Waals surface area contributed by atoms with E-state index in [1.165, 1.54) is 11.1 Å². The van der Waals surface area contributed by atoms with Crippen LogP contribution < -0.4 is 5.32 Å². The monoisotopic (exact) mass is 333 g/mol. The molecular weight excluding hydrogens is 302 g/mol. The molecular formula is C20H31NO3. The van der Waals surface area contributed by atoms with Crippen molar-refractivity contribution in [2.75, 3.05) is 7.05 Å². The van der Waals surface area contributed by atoms with E-state index in [0.717, 1.165) is 25.7 Å². The van der Waals surface area contributed by atoms with Gasteiger partial charge in [-0.25, -0.2) is 0 Å². The van der Waals surface area contributed by atoms with Gasteiger partial charge in [0.25, 0.3) is 0 Å². The third-order valence-corrected chi connectivity index (χ3v) is 7.98. The van der Waals surface area contributed by atoms with Gasteiger partial charge in [-0.05, 0) is 56.4 Å². The lowest BCUT2D eigenvalue weighted by molar-refractivity contribution is -0.0391. The first kappa shape index (κ1) is 16.8. The molecule has 3 saturated carbocycles. The lowest BCUT2D eigenvalue weighted by Gasteiger charge is -2.55. The lowest BCUT2D eigenvalue weighted by Crippen LogP contribution is -2.53. The quantitative estimate of drug-likeness (QED) is 0.590. The summed E-state index contributed by atoms with van der Waals surface area (Å²) in [4.78, 5) is 0. The van der Waals surface area contributed by atoms with Crippen molar-refractivity contribution in [3.05, 3.63) is 23.3 Å². The van der Waals surface area contributed by atoms with Gasteiger partial charge in [-0.1, -0.05) is 37.1 Å². The predicted octanol–water partition coefficient (Wildman–Crippen LogP) is 1.76. The van der Waals surface area contributed by atoms with E-state index in [2.05, 4.69) is 31.3 Å². The fraction of sp³-hybridized carbons (Fsp3) is 0.800. The Morgan fingerprint density at radius 3 is 2.54 bits per heavy atom. The second kappa shape index (κ2) is 5.41. The van der Waals surface area contributed by atoms with E-state index in [1.807, 2.05) is 7.05 Å². The van der Waals surface area contributed by atoms with Gasteiger partial charge >= 0.3 is 0 Å². The number of likely N-dealkylation sites (N-methyl/N-ethyl adjacent to an activating group) is 1. The Morgan fingerprint density at radius 2 is 1.83 bits per heavy atom. The highest BCUT2D eigenvalue weighted by atomic mass is 16.3. The number of aliphatic hydroxyl groups is 3. The van der Waals surface area contributed by atoms with E-state index >= 15 is 0 Å². The molecule has 0 aliphatic heterocycles. The van der Waals surface area contributed by atoms with Crippen LogP contribution in [0.15, 0.2) is 23.3 Å². The van der Waals surface area contributed by atoms with Crippen LogP contribution in [0.2, 0.25) is 0 Å². The number of nitrogens with one attached hydrogen (secondary N) is 1. The highest BCUT2D eigenvalue weighted by Gasteiger charge is 2.59. The fourth-order valence-electron chi connectivity index (χ4n) is 6.35. The fourth-order valence-corrected chi connectivity index (χ4v) is 6.35. The van der Waals surface area contributed by atoms with E-state index in [9.17, 15) is 15.3 Å². The van der Waals surface area contributed by atoms with Gasteiger partial charge in [0.05, 0.1) is 18.3 Å². The lowest BCUT2D eigenvalue weighted by atomic mass is 9.50. The molecule has 134 valence electrons. The molecule has 0 aromatic rings. The average Bonchev–Trinajstić information content (AvgIpc) is 2.78. The molecule has 8 atom stereocenters. The maximum atomic E-state index is 10.5. The molecule has 0 aromatic carbocycles. The van der Waals surface area contributed by atoms with E-state index < -0.39 is 12.2 Å². The van der Waals surface area contributed by atoms with Crippen molar-refractivity contribution in [3.8, 4) is 0 Å². The van der Waals surface area contributed by atoms with Crippen molar-refractivity contribution in [2.24, 2.45) is 22.7 Å². The first-order chi connectivity index (χ1) is 11.3. The second-order valence-corrected chi connectivity index (χ2v) is 9.04. The van der Waals surface area contributed by atoms with Gasteiger partial charge in [0.15, 0.2) is 0 Å². The summed E-state index contributed by atoms with van der Waals surface area (Å²) >= 11 is 0.